The molecule has 3 atom stereocenters. The lowest BCUT2D eigenvalue weighted by molar-refractivity contribution is -0.114. The van der Waals surface area contributed by atoms with Crippen molar-refractivity contribution in [1.82, 2.24) is 15.3 Å². The molecule has 0 spiro atoms. The maximum absolute atomic E-state index is 11.1. The Morgan fingerprint density at radius 3 is 2.35 bits per heavy atom. The minimum atomic E-state index is -0.0743. The molecule has 6 nitrogen and oxygen atoms in total. The molecule has 1 amide bonds. The van der Waals surface area contributed by atoms with Crippen molar-refractivity contribution >= 4 is 29.8 Å². The summed E-state index contributed by atoms with van der Waals surface area (Å²) in [6.07, 6.45) is 6.04. The summed E-state index contributed by atoms with van der Waals surface area (Å²) in [5, 5.41) is 9.76. The van der Waals surface area contributed by atoms with Crippen molar-refractivity contribution < 1.29 is 4.79 Å². The molecule has 1 aromatic heterocycles. The van der Waals surface area contributed by atoms with Gasteiger partial charge in [0.25, 0.3) is 0 Å². The highest BCUT2D eigenvalue weighted by molar-refractivity contribution is 5.88. The summed E-state index contributed by atoms with van der Waals surface area (Å²) in [5.41, 5.74) is 2.59. The maximum Gasteiger partial charge on any atom is 0.221 e. The Morgan fingerprint density at radius 2 is 1.77 bits per heavy atom. The van der Waals surface area contributed by atoms with Gasteiger partial charge in [0.1, 0.15) is 5.82 Å². The van der Waals surface area contributed by atoms with Crippen molar-refractivity contribution in [1.29, 1.82) is 0 Å². The number of carbonyl (C=O) groups excluding carboxylic acids is 1. The van der Waals surface area contributed by atoms with E-state index in [0.717, 1.165) is 47.7 Å². The van der Waals surface area contributed by atoms with Gasteiger partial charge in [-0.25, -0.2) is 4.98 Å². The Kier molecular flexibility index (Phi) is 5.74. The number of amides is 1. The number of halogens is 1. The number of nitrogens with one attached hydrogen (secondary N) is 3. The fourth-order valence-electron chi connectivity index (χ4n) is 3.97. The maximum atomic E-state index is 11.1. The van der Waals surface area contributed by atoms with Gasteiger partial charge in [0.15, 0.2) is 0 Å². The van der Waals surface area contributed by atoms with Crippen LogP contribution in [0.15, 0.2) is 36.7 Å². The molecule has 1 aliphatic heterocycles. The molecule has 2 aromatic rings. The lowest BCUT2D eigenvalue weighted by Gasteiger charge is -2.14. The highest BCUT2D eigenvalue weighted by Crippen LogP contribution is 2.35. The molecule has 0 radical (unpaired) electrons. The standard InChI is InChI=1S/C19H23N5O.ClH/c1-12(25)23-16-4-2-13(3-5-16)18-10-22-19(11-21-18)24-17-6-14-8-20-9-15(14)7-17;/h2-5,10-11,14-15,17,20H,6-9H2,1H3,(H,22,24)(H,23,25);1H/t14-,15+,17-;. The van der Waals surface area contributed by atoms with Gasteiger partial charge in [-0.1, -0.05) is 12.1 Å². The lowest BCUT2D eigenvalue weighted by atomic mass is 10.0. The molecular formula is C19H24ClN5O. The first-order valence-corrected chi connectivity index (χ1v) is 8.85. The van der Waals surface area contributed by atoms with Crippen LogP contribution in [0.25, 0.3) is 11.3 Å². The molecule has 2 heterocycles. The zero-order valence-corrected chi connectivity index (χ0v) is 15.6. The van der Waals surface area contributed by atoms with Crippen LogP contribution < -0.4 is 16.0 Å². The van der Waals surface area contributed by atoms with Crippen LogP contribution in [0.1, 0.15) is 19.8 Å². The Morgan fingerprint density at radius 1 is 1.08 bits per heavy atom. The average Bonchev–Trinajstić information content (AvgIpc) is 3.17. The average molecular weight is 374 g/mol. The molecular weight excluding hydrogens is 350 g/mol. The van der Waals surface area contributed by atoms with E-state index in [1.165, 1.54) is 19.8 Å². The van der Waals surface area contributed by atoms with E-state index < -0.39 is 0 Å². The van der Waals surface area contributed by atoms with E-state index in [1.54, 1.807) is 6.20 Å². The summed E-state index contributed by atoms with van der Waals surface area (Å²) in [7, 11) is 0. The zero-order chi connectivity index (χ0) is 17.2. The molecule has 0 unspecified atom stereocenters. The van der Waals surface area contributed by atoms with E-state index in [1.807, 2.05) is 30.5 Å². The van der Waals surface area contributed by atoms with E-state index in [2.05, 4.69) is 25.9 Å². The number of hydrogen-bond acceptors (Lipinski definition) is 5. The van der Waals surface area contributed by atoms with Crippen LogP contribution in [-0.2, 0) is 4.79 Å². The zero-order valence-electron chi connectivity index (χ0n) is 14.7. The van der Waals surface area contributed by atoms with Crippen molar-refractivity contribution in [3.05, 3.63) is 36.7 Å². The van der Waals surface area contributed by atoms with Gasteiger partial charge in [0.2, 0.25) is 5.91 Å². The number of fused-ring (bicyclic) bond motifs is 1. The third-order valence-corrected chi connectivity index (χ3v) is 5.16. The molecule has 1 aromatic carbocycles. The number of aromatic nitrogens is 2. The van der Waals surface area contributed by atoms with E-state index in [-0.39, 0.29) is 18.3 Å². The summed E-state index contributed by atoms with van der Waals surface area (Å²) in [6, 6.07) is 8.13. The van der Waals surface area contributed by atoms with Gasteiger partial charge in [0, 0.05) is 24.2 Å². The van der Waals surface area contributed by atoms with Crippen molar-refractivity contribution in [2.45, 2.75) is 25.8 Å². The molecule has 1 saturated carbocycles. The molecule has 138 valence electrons. The van der Waals surface area contributed by atoms with Gasteiger partial charge in [0.05, 0.1) is 18.1 Å². The summed E-state index contributed by atoms with van der Waals surface area (Å²) >= 11 is 0. The Bertz CT molecular complexity index is 738. The van der Waals surface area contributed by atoms with Crippen LogP contribution in [0.5, 0.6) is 0 Å². The molecule has 2 fully saturated rings. The summed E-state index contributed by atoms with van der Waals surface area (Å²) in [5.74, 6) is 2.39. The van der Waals surface area contributed by atoms with E-state index in [4.69, 9.17) is 0 Å². The topological polar surface area (TPSA) is 78.9 Å². The molecule has 4 rings (SSSR count). The fourth-order valence-corrected chi connectivity index (χ4v) is 3.97. The summed E-state index contributed by atoms with van der Waals surface area (Å²) in [4.78, 5) is 20.1. The quantitative estimate of drug-likeness (QED) is 0.768. The molecule has 2 aliphatic rings. The highest BCUT2D eigenvalue weighted by atomic mass is 35.5. The van der Waals surface area contributed by atoms with Crippen molar-refractivity contribution in [2.75, 3.05) is 23.7 Å². The number of hydrogen-bond donors (Lipinski definition) is 3. The minimum absolute atomic E-state index is 0. The molecule has 3 N–H and O–H groups in total. The number of anilines is 2. The minimum Gasteiger partial charge on any atom is -0.366 e. The van der Waals surface area contributed by atoms with Crippen molar-refractivity contribution in [3.8, 4) is 11.3 Å². The largest absolute Gasteiger partial charge is 0.366 e. The highest BCUT2D eigenvalue weighted by Gasteiger charge is 2.37. The molecule has 1 aliphatic carbocycles. The summed E-state index contributed by atoms with van der Waals surface area (Å²) < 4.78 is 0. The van der Waals surface area contributed by atoms with Crippen LogP contribution in [0.4, 0.5) is 11.5 Å². The SMILES string of the molecule is CC(=O)Nc1ccc(-c2cnc(N[C@H]3C[C@H]4CNC[C@H]4C3)cn2)cc1.Cl. The Hall–Kier alpha value is -2.18. The van der Waals surface area contributed by atoms with E-state index in [9.17, 15) is 4.79 Å². The number of nitrogens with zero attached hydrogens (tertiary/aromatic N) is 2. The normalized spacial score (nSPS) is 23.8. The second-order valence-electron chi connectivity index (χ2n) is 7.04. The number of rotatable bonds is 4. The van der Waals surface area contributed by atoms with Crippen LogP contribution in [0, 0.1) is 11.8 Å². The van der Waals surface area contributed by atoms with Crippen molar-refractivity contribution in [2.24, 2.45) is 11.8 Å². The van der Waals surface area contributed by atoms with Gasteiger partial charge >= 0.3 is 0 Å². The van der Waals surface area contributed by atoms with Crippen LogP contribution in [0.2, 0.25) is 0 Å². The second kappa shape index (κ2) is 8.01. The monoisotopic (exact) mass is 373 g/mol. The first-order valence-electron chi connectivity index (χ1n) is 8.85. The van der Waals surface area contributed by atoms with Gasteiger partial charge < -0.3 is 16.0 Å². The number of benzene rings is 1. The first kappa shape index (κ1) is 18.6. The smallest absolute Gasteiger partial charge is 0.221 e. The predicted molar refractivity (Wildman–Crippen MR) is 106 cm³/mol. The fraction of sp³-hybridized carbons (Fsp3) is 0.421. The van der Waals surface area contributed by atoms with E-state index >= 15 is 0 Å². The molecule has 7 heteroatoms. The van der Waals surface area contributed by atoms with Crippen LogP contribution in [0.3, 0.4) is 0 Å². The Balaban J connectivity index is 0.00000196. The van der Waals surface area contributed by atoms with Gasteiger partial charge in [-0.05, 0) is 49.9 Å². The van der Waals surface area contributed by atoms with E-state index in [0.29, 0.717) is 6.04 Å². The van der Waals surface area contributed by atoms with Crippen LogP contribution >= 0.6 is 12.4 Å². The van der Waals surface area contributed by atoms with Crippen molar-refractivity contribution in [3.63, 3.8) is 0 Å². The van der Waals surface area contributed by atoms with Gasteiger partial charge in [-0.15, -0.1) is 12.4 Å². The third kappa shape index (κ3) is 4.14. The van der Waals surface area contributed by atoms with Gasteiger partial charge in [-0.2, -0.15) is 0 Å². The first-order chi connectivity index (χ1) is 12.2. The second-order valence-corrected chi connectivity index (χ2v) is 7.04. The lowest BCUT2D eigenvalue weighted by Crippen LogP contribution is -2.21. The predicted octanol–water partition coefficient (Wildman–Crippen LogP) is 2.93. The van der Waals surface area contributed by atoms with Gasteiger partial charge in [-0.3, -0.25) is 9.78 Å². The third-order valence-electron chi connectivity index (χ3n) is 5.16. The molecule has 0 bridgehead atoms. The van der Waals surface area contributed by atoms with Crippen LogP contribution in [-0.4, -0.2) is 35.0 Å². The summed E-state index contributed by atoms with van der Waals surface area (Å²) in [6.45, 7) is 3.81. The number of carbonyl (C=O) groups is 1. The molecule has 26 heavy (non-hydrogen) atoms. The Labute approximate surface area is 159 Å². The molecule has 1 saturated heterocycles.